The molecule has 2 rings (SSSR count). The van der Waals surface area contributed by atoms with E-state index < -0.39 is 17.2 Å². The summed E-state index contributed by atoms with van der Waals surface area (Å²) in [5.74, 6) is -1.06. The minimum Gasteiger partial charge on any atom is -0.333 e. The minimum atomic E-state index is -4.39. The fourth-order valence-corrected chi connectivity index (χ4v) is 3.08. The maximum atomic E-state index is 12.4. The number of carbonyl (C=O) groups excluding carboxylic acids is 1. The second-order valence-corrected chi connectivity index (χ2v) is 6.45. The number of hydrogen-bond acceptors (Lipinski definition) is 4. The zero-order valence-corrected chi connectivity index (χ0v) is 13.5. The highest BCUT2D eigenvalue weighted by Gasteiger charge is 2.32. The number of thioether (sulfide) groups is 1. The van der Waals surface area contributed by atoms with Gasteiger partial charge in [-0.15, -0.1) is 0 Å². The molecule has 1 aromatic rings. The molecule has 0 bridgehead atoms. The molecule has 4 nitrogen and oxygen atoms in total. The molecule has 1 unspecified atom stereocenters. The van der Waals surface area contributed by atoms with Gasteiger partial charge in [0, 0.05) is 12.2 Å². The molecule has 1 N–H and O–H groups in total. The lowest BCUT2D eigenvalue weighted by Crippen LogP contribution is -2.41. The maximum absolute atomic E-state index is 12.4. The van der Waals surface area contributed by atoms with Crippen molar-refractivity contribution in [3.8, 4) is 0 Å². The van der Waals surface area contributed by atoms with E-state index in [-0.39, 0.29) is 24.3 Å². The number of rotatable bonds is 5. The fraction of sp³-hybridized carbons (Fsp3) is 0.600. The average Bonchev–Trinajstić information content (AvgIpc) is 2.80. The Morgan fingerprint density at radius 3 is 2.87 bits per heavy atom. The van der Waals surface area contributed by atoms with Crippen molar-refractivity contribution in [3.63, 3.8) is 0 Å². The third-order valence-corrected chi connectivity index (χ3v) is 4.44. The first kappa shape index (κ1) is 18.1. The lowest BCUT2D eigenvalue weighted by atomic mass is 10.1. The Morgan fingerprint density at radius 2 is 2.17 bits per heavy atom. The van der Waals surface area contributed by atoms with Crippen molar-refractivity contribution in [2.45, 2.75) is 37.4 Å². The van der Waals surface area contributed by atoms with Gasteiger partial charge in [0.1, 0.15) is 0 Å². The van der Waals surface area contributed by atoms with Crippen molar-refractivity contribution in [2.24, 2.45) is 0 Å². The largest absolute Gasteiger partial charge is 0.442 e. The topological polar surface area (TPSA) is 45.2 Å². The Labute approximate surface area is 137 Å². The highest BCUT2D eigenvalue weighted by Crippen LogP contribution is 2.30. The van der Waals surface area contributed by atoms with Gasteiger partial charge in [-0.2, -0.15) is 13.2 Å². The summed E-state index contributed by atoms with van der Waals surface area (Å²) in [5.41, 5.74) is -3.70. The molecular weight excluding hydrogens is 327 g/mol. The summed E-state index contributed by atoms with van der Waals surface area (Å²) in [6.07, 6.45) is 4.07. The Balaban J connectivity index is 2.07. The average molecular weight is 347 g/mol. The highest BCUT2D eigenvalue weighted by atomic mass is 32.2. The number of nitrogens with zero attached hydrogens (tertiary/aromatic N) is 2. The molecule has 1 amide bonds. The van der Waals surface area contributed by atoms with Crippen molar-refractivity contribution in [2.75, 3.05) is 18.8 Å². The quantitative estimate of drug-likeness (QED) is 0.890. The van der Waals surface area contributed by atoms with Crippen LogP contribution in [0.3, 0.4) is 0 Å². The number of amides is 1. The van der Waals surface area contributed by atoms with Gasteiger partial charge in [-0.1, -0.05) is 6.07 Å². The van der Waals surface area contributed by atoms with E-state index in [0.717, 1.165) is 32.4 Å². The van der Waals surface area contributed by atoms with Crippen LogP contribution < -0.4 is 5.32 Å². The predicted molar refractivity (Wildman–Crippen MR) is 83.8 cm³/mol. The zero-order valence-electron chi connectivity index (χ0n) is 12.7. The van der Waals surface area contributed by atoms with E-state index in [4.69, 9.17) is 0 Å². The number of carbonyl (C=O) groups is 1. The molecule has 8 heteroatoms. The maximum Gasteiger partial charge on any atom is 0.442 e. The van der Waals surface area contributed by atoms with Crippen LogP contribution in [0.15, 0.2) is 24.4 Å². The second-order valence-electron chi connectivity index (χ2n) is 5.41. The summed E-state index contributed by atoms with van der Waals surface area (Å²) in [5, 5.41) is 3.25. The van der Waals surface area contributed by atoms with Gasteiger partial charge in [-0.3, -0.25) is 9.78 Å². The smallest absolute Gasteiger partial charge is 0.333 e. The Kier molecular flexibility index (Phi) is 6.71. The Bertz CT molecular complexity index is 490. The Hall–Kier alpha value is -1.28. The van der Waals surface area contributed by atoms with Crippen LogP contribution in [0.1, 0.15) is 25.0 Å². The zero-order chi connectivity index (χ0) is 16.7. The standard InChI is InChI=1S/C15H20F3N3OS/c16-15(17,18)23-11-14(22)21(10-12-4-1-2-8-20-12)13-5-3-7-19-9-6-13/h1-2,4,8,13,19H,3,5-7,9-11H2. The van der Waals surface area contributed by atoms with Gasteiger partial charge in [-0.25, -0.2) is 0 Å². The first-order valence-electron chi connectivity index (χ1n) is 7.56. The van der Waals surface area contributed by atoms with Crippen molar-refractivity contribution in [1.82, 2.24) is 15.2 Å². The molecule has 1 aliphatic heterocycles. The van der Waals surface area contributed by atoms with Gasteiger partial charge in [-0.05, 0) is 56.2 Å². The third-order valence-electron chi connectivity index (χ3n) is 3.72. The van der Waals surface area contributed by atoms with E-state index in [1.165, 1.54) is 0 Å². The van der Waals surface area contributed by atoms with Gasteiger partial charge >= 0.3 is 5.51 Å². The minimum absolute atomic E-state index is 0.0478. The van der Waals surface area contributed by atoms with Gasteiger partial charge < -0.3 is 10.2 Å². The van der Waals surface area contributed by atoms with E-state index in [2.05, 4.69) is 10.3 Å². The van der Waals surface area contributed by atoms with Crippen LogP contribution in [0.2, 0.25) is 0 Å². The molecule has 1 atom stereocenters. The molecule has 0 saturated carbocycles. The van der Waals surface area contributed by atoms with Crippen molar-refractivity contribution in [1.29, 1.82) is 0 Å². The van der Waals surface area contributed by atoms with Crippen LogP contribution in [0.25, 0.3) is 0 Å². The van der Waals surface area contributed by atoms with Crippen LogP contribution >= 0.6 is 11.8 Å². The summed E-state index contributed by atoms with van der Waals surface area (Å²) in [6.45, 7) is 1.89. The van der Waals surface area contributed by atoms with Crippen LogP contribution in [-0.2, 0) is 11.3 Å². The number of pyridine rings is 1. The van der Waals surface area contributed by atoms with Gasteiger partial charge in [0.05, 0.1) is 18.0 Å². The van der Waals surface area contributed by atoms with Crippen LogP contribution in [-0.4, -0.2) is 46.2 Å². The van der Waals surface area contributed by atoms with Gasteiger partial charge in [0.2, 0.25) is 5.91 Å². The first-order valence-corrected chi connectivity index (χ1v) is 8.55. The van der Waals surface area contributed by atoms with Crippen molar-refractivity contribution in [3.05, 3.63) is 30.1 Å². The number of alkyl halides is 3. The van der Waals surface area contributed by atoms with E-state index in [9.17, 15) is 18.0 Å². The number of halogens is 3. The third kappa shape index (κ3) is 6.39. The lowest BCUT2D eigenvalue weighted by Gasteiger charge is -2.31. The molecule has 1 fully saturated rings. The van der Waals surface area contributed by atoms with Crippen LogP contribution in [0.5, 0.6) is 0 Å². The van der Waals surface area contributed by atoms with E-state index >= 15 is 0 Å². The summed E-state index contributed by atoms with van der Waals surface area (Å²) >= 11 is -0.277. The summed E-state index contributed by atoms with van der Waals surface area (Å²) in [6, 6.07) is 5.31. The lowest BCUT2D eigenvalue weighted by molar-refractivity contribution is -0.131. The Morgan fingerprint density at radius 1 is 1.35 bits per heavy atom. The summed E-state index contributed by atoms with van der Waals surface area (Å²) in [4.78, 5) is 18.1. The van der Waals surface area contributed by atoms with E-state index in [1.54, 1.807) is 23.2 Å². The van der Waals surface area contributed by atoms with Gasteiger partial charge in [0.15, 0.2) is 0 Å². The first-order chi connectivity index (χ1) is 11.0. The van der Waals surface area contributed by atoms with Gasteiger partial charge in [0.25, 0.3) is 0 Å². The molecule has 0 aliphatic carbocycles. The molecule has 128 valence electrons. The fourth-order valence-electron chi connectivity index (χ4n) is 2.63. The van der Waals surface area contributed by atoms with E-state index in [1.807, 2.05) is 6.07 Å². The second kappa shape index (κ2) is 8.54. The molecule has 0 spiro atoms. The molecule has 1 aliphatic rings. The van der Waals surface area contributed by atoms with Crippen LogP contribution in [0.4, 0.5) is 13.2 Å². The normalized spacial score (nSPS) is 19.2. The molecule has 23 heavy (non-hydrogen) atoms. The highest BCUT2D eigenvalue weighted by molar-refractivity contribution is 8.00. The van der Waals surface area contributed by atoms with E-state index in [0.29, 0.717) is 5.69 Å². The molecule has 1 aromatic heterocycles. The van der Waals surface area contributed by atoms with Crippen molar-refractivity contribution >= 4 is 17.7 Å². The monoisotopic (exact) mass is 347 g/mol. The summed E-state index contributed by atoms with van der Waals surface area (Å²) in [7, 11) is 0. The number of aromatic nitrogens is 1. The SMILES string of the molecule is O=C(CSC(F)(F)F)N(Cc1ccccn1)C1CCCNCC1. The molecule has 1 saturated heterocycles. The van der Waals surface area contributed by atoms with Crippen LogP contribution in [0, 0.1) is 0 Å². The molecule has 0 aromatic carbocycles. The summed E-state index contributed by atoms with van der Waals surface area (Å²) < 4.78 is 37.2. The van der Waals surface area contributed by atoms with Crippen molar-refractivity contribution < 1.29 is 18.0 Å². The molecule has 0 radical (unpaired) electrons. The predicted octanol–water partition coefficient (Wildman–Crippen LogP) is 2.81. The number of hydrogen-bond donors (Lipinski definition) is 1. The number of nitrogens with one attached hydrogen (secondary N) is 1. The molecule has 2 heterocycles. The molecular formula is C15H20F3N3OS.